The molecule has 1 atom stereocenters. The van der Waals surface area contributed by atoms with Gasteiger partial charge in [0.2, 0.25) is 0 Å². The zero-order valence-corrected chi connectivity index (χ0v) is 11.6. The van der Waals surface area contributed by atoms with Gasteiger partial charge in [0.15, 0.2) is 0 Å². The molecule has 5 heteroatoms. The maximum Gasteiger partial charge on any atom is 0.100 e. The van der Waals surface area contributed by atoms with Crippen molar-refractivity contribution in [3.05, 3.63) is 39.0 Å². The van der Waals surface area contributed by atoms with E-state index in [1.165, 1.54) is 17.7 Å². The molecule has 3 nitrogen and oxygen atoms in total. The third-order valence-corrected chi connectivity index (χ3v) is 4.71. The SMILES string of the molecule is OC(Cc1cc(Br)cs1)c1cncn1C1CC1. The summed E-state index contributed by atoms with van der Waals surface area (Å²) < 4.78 is 3.20. The first-order valence-corrected chi connectivity index (χ1v) is 7.34. The Kier molecular flexibility index (Phi) is 3.06. The molecule has 2 heterocycles. The van der Waals surface area contributed by atoms with Gasteiger partial charge in [-0.25, -0.2) is 4.98 Å². The van der Waals surface area contributed by atoms with Crippen LogP contribution < -0.4 is 0 Å². The van der Waals surface area contributed by atoms with Crippen LogP contribution in [-0.4, -0.2) is 14.7 Å². The smallest absolute Gasteiger partial charge is 0.100 e. The Hall–Kier alpha value is -0.650. The van der Waals surface area contributed by atoms with E-state index in [2.05, 4.69) is 31.5 Å². The maximum atomic E-state index is 10.3. The first-order chi connectivity index (χ1) is 8.24. The Morgan fingerprint density at radius 3 is 3.06 bits per heavy atom. The zero-order chi connectivity index (χ0) is 11.8. The van der Waals surface area contributed by atoms with Crippen molar-refractivity contribution in [1.29, 1.82) is 0 Å². The monoisotopic (exact) mass is 312 g/mol. The summed E-state index contributed by atoms with van der Waals surface area (Å²) in [6.07, 6.45) is 6.24. The molecular formula is C12H13BrN2OS. The Labute approximate surface area is 112 Å². The second kappa shape index (κ2) is 4.55. The first kappa shape index (κ1) is 11.4. The zero-order valence-electron chi connectivity index (χ0n) is 9.21. The number of hydrogen-bond donors (Lipinski definition) is 1. The van der Waals surface area contributed by atoms with Crippen LogP contribution in [-0.2, 0) is 6.42 Å². The molecule has 17 heavy (non-hydrogen) atoms. The summed E-state index contributed by atoms with van der Waals surface area (Å²) in [5.74, 6) is 0. The number of halogens is 1. The lowest BCUT2D eigenvalue weighted by Gasteiger charge is -2.12. The topological polar surface area (TPSA) is 38.1 Å². The normalized spacial score (nSPS) is 17.3. The minimum Gasteiger partial charge on any atom is -0.386 e. The van der Waals surface area contributed by atoms with Crippen molar-refractivity contribution in [2.45, 2.75) is 31.4 Å². The Morgan fingerprint density at radius 1 is 1.59 bits per heavy atom. The average Bonchev–Trinajstić information content (AvgIpc) is 2.88. The lowest BCUT2D eigenvalue weighted by Crippen LogP contribution is -2.07. The predicted octanol–water partition coefficient (Wildman–Crippen LogP) is 3.32. The largest absolute Gasteiger partial charge is 0.386 e. The van der Waals surface area contributed by atoms with Crippen LogP contribution in [0.15, 0.2) is 28.4 Å². The molecular weight excluding hydrogens is 300 g/mol. The molecule has 1 unspecified atom stereocenters. The van der Waals surface area contributed by atoms with Gasteiger partial charge in [-0.1, -0.05) is 0 Å². The van der Waals surface area contributed by atoms with E-state index in [4.69, 9.17) is 0 Å². The van der Waals surface area contributed by atoms with E-state index in [9.17, 15) is 5.11 Å². The molecule has 1 aliphatic rings. The van der Waals surface area contributed by atoms with Crippen molar-refractivity contribution in [1.82, 2.24) is 9.55 Å². The molecule has 1 saturated carbocycles. The summed E-state index contributed by atoms with van der Waals surface area (Å²) in [4.78, 5) is 5.34. The molecule has 1 aliphatic carbocycles. The van der Waals surface area contributed by atoms with Gasteiger partial charge in [-0.3, -0.25) is 0 Å². The minimum atomic E-state index is -0.455. The number of hydrogen-bond acceptors (Lipinski definition) is 3. The van der Waals surface area contributed by atoms with E-state index in [0.717, 1.165) is 10.2 Å². The molecule has 1 fully saturated rings. The molecule has 0 aromatic carbocycles. The molecule has 2 aromatic heterocycles. The average molecular weight is 313 g/mol. The third-order valence-electron chi connectivity index (χ3n) is 2.99. The van der Waals surface area contributed by atoms with Crippen LogP contribution in [0, 0.1) is 0 Å². The van der Waals surface area contributed by atoms with Crippen LogP contribution in [0.4, 0.5) is 0 Å². The first-order valence-electron chi connectivity index (χ1n) is 5.67. The second-order valence-electron chi connectivity index (χ2n) is 4.41. The van der Waals surface area contributed by atoms with E-state index >= 15 is 0 Å². The van der Waals surface area contributed by atoms with Gasteiger partial charge in [0.05, 0.1) is 18.2 Å². The fourth-order valence-corrected chi connectivity index (χ4v) is 3.48. The molecule has 2 aromatic rings. The molecule has 0 bridgehead atoms. The summed E-state index contributed by atoms with van der Waals surface area (Å²) >= 11 is 5.10. The van der Waals surface area contributed by atoms with Gasteiger partial charge in [0, 0.05) is 27.2 Å². The number of nitrogens with zero attached hydrogens (tertiary/aromatic N) is 2. The number of imidazole rings is 1. The Morgan fingerprint density at radius 2 is 2.41 bits per heavy atom. The summed E-state index contributed by atoms with van der Waals surface area (Å²) in [7, 11) is 0. The molecule has 1 N–H and O–H groups in total. The molecule has 3 rings (SSSR count). The van der Waals surface area contributed by atoms with E-state index in [1.807, 2.05) is 11.7 Å². The van der Waals surface area contributed by atoms with Gasteiger partial charge in [-0.15, -0.1) is 11.3 Å². The lowest BCUT2D eigenvalue weighted by molar-refractivity contribution is 0.169. The fourth-order valence-electron chi connectivity index (χ4n) is 1.99. The highest BCUT2D eigenvalue weighted by Crippen LogP contribution is 2.37. The predicted molar refractivity (Wildman–Crippen MR) is 71.2 cm³/mol. The van der Waals surface area contributed by atoms with Crippen molar-refractivity contribution in [3.8, 4) is 0 Å². The van der Waals surface area contributed by atoms with Gasteiger partial charge < -0.3 is 9.67 Å². The summed E-state index contributed by atoms with van der Waals surface area (Å²) in [5.41, 5.74) is 0.942. The highest BCUT2D eigenvalue weighted by molar-refractivity contribution is 9.10. The third kappa shape index (κ3) is 2.46. The van der Waals surface area contributed by atoms with E-state index < -0.39 is 6.10 Å². The Bertz CT molecular complexity index is 518. The Balaban J connectivity index is 1.76. The van der Waals surface area contributed by atoms with Crippen LogP contribution >= 0.6 is 27.3 Å². The second-order valence-corrected chi connectivity index (χ2v) is 6.32. The van der Waals surface area contributed by atoms with Gasteiger partial charge >= 0.3 is 0 Å². The lowest BCUT2D eigenvalue weighted by atomic mass is 10.1. The minimum absolute atomic E-state index is 0.455. The van der Waals surface area contributed by atoms with Crippen molar-refractivity contribution in [2.24, 2.45) is 0 Å². The number of aliphatic hydroxyl groups is 1. The van der Waals surface area contributed by atoms with Crippen molar-refractivity contribution in [2.75, 3.05) is 0 Å². The summed E-state index contributed by atoms with van der Waals surface area (Å²) in [5, 5.41) is 12.3. The van der Waals surface area contributed by atoms with Crippen molar-refractivity contribution in [3.63, 3.8) is 0 Å². The molecule has 0 spiro atoms. The number of rotatable bonds is 4. The fraction of sp³-hybridized carbons (Fsp3) is 0.417. The van der Waals surface area contributed by atoms with Crippen molar-refractivity contribution < 1.29 is 5.11 Å². The summed E-state index contributed by atoms with van der Waals surface area (Å²) in [6.45, 7) is 0. The quantitative estimate of drug-likeness (QED) is 0.940. The summed E-state index contributed by atoms with van der Waals surface area (Å²) in [6, 6.07) is 2.63. The number of aromatic nitrogens is 2. The van der Waals surface area contributed by atoms with Crippen LogP contribution in [0.25, 0.3) is 0 Å². The molecule has 0 radical (unpaired) electrons. The van der Waals surface area contributed by atoms with Gasteiger partial charge in [0.1, 0.15) is 6.10 Å². The van der Waals surface area contributed by atoms with Crippen molar-refractivity contribution >= 4 is 27.3 Å². The number of thiophene rings is 1. The number of aliphatic hydroxyl groups excluding tert-OH is 1. The van der Waals surface area contributed by atoms with E-state index in [0.29, 0.717) is 12.5 Å². The molecule has 0 amide bonds. The van der Waals surface area contributed by atoms with Crippen LogP contribution in [0.1, 0.15) is 35.6 Å². The highest BCUT2D eigenvalue weighted by atomic mass is 79.9. The standard InChI is InChI=1S/C12H13BrN2OS/c13-8-3-10(17-6-8)4-12(16)11-5-14-7-15(11)9-1-2-9/h3,5-7,9,12,16H,1-2,4H2. The van der Waals surface area contributed by atoms with Crippen LogP contribution in [0.2, 0.25) is 0 Å². The highest BCUT2D eigenvalue weighted by Gasteiger charge is 2.27. The maximum absolute atomic E-state index is 10.3. The van der Waals surface area contributed by atoms with E-state index in [-0.39, 0.29) is 0 Å². The van der Waals surface area contributed by atoms with E-state index in [1.54, 1.807) is 17.5 Å². The molecule has 0 saturated heterocycles. The molecule has 90 valence electrons. The van der Waals surface area contributed by atoms with Crippen LogP contribution in [0.5, 0.6) is 0 Å². The molecule has 0 aliphatic heterocycles. The van der Waals surface area contributed by atoms with Crippen LogP contribution in [0.3, 0.4) is 0 Å². The van der Waals surface area contributed by atoms with Gasteiger partial charge in [-0.2, -0.15) is 0 Å². The van der Waals surface area contributed by atoms with Gasteiger partial charge in [-0.05, 0) is 34.8 Å². The van der Waals surface area contributed by atoms with Gasteiger partial charge in [0.25, 0.3) is 0 Å².